The Morgan fingerprint density at radius 1 is 1.21 bits per heavy atom. The molecule has 0 atom stereocenters. The van der Waals surface area contributed by atoms with Crippen molar-refractivity contribution in [2.24, 2.45) is 0 Å². The Morgan fingerprint density at radius 2 is 2.04 bits per heavy atom. The minimum absolute atomic E-state index is 0.128. The van der Waals surface area contributed by atoms with E-state index in [2.05, 4.69) is 31.8 Å². The average molecular weight is 383 g/mol. The standard InChI is InChI=1S/C20H16F3N5/c1-12(14-6-4-13(22)9-16(14)23)3-5-15-17(10-21)27-20(28-19(15)24-2)18-11-25-7-8-26-18/h3-9,11H,1,10H2,2H3,(H,24,27,28)/b5-3-. The third-order valence-electron chi connectivity index (χ3n) is 3.91. The van der Waals surface area contributed by atoms with Crippen LogP contribution in [0.3, 0.4) is 0 Å². The Kier molecular flexibility index (Phi) is 5.78. The Morgan fingerprint density at radius 3 is 2.68 bits per heavy atom. The zero-order chi connectivity index (χ0) is 20.1. The van der Waals surface area contributed by atoms with E-state index < -0.39 is 18.3 Å². The Balaban J connectivity index is 1.99. The monoisotopic (exact) mass is 383 g/mol. The third-order valence-corrected chi connectivity index (χ3v) is 3.91. The zero-order valence-corrected chi connectivity index (χ0v) is 15.0. The van der Waals surface area contributed by atoms with Crippen LogP contribution in [-0.2, 0) is 6.67 Å². The molecule has 1 N–H and O–H groups in total. The number of aromatic nitrogens is 4. The van der Waals surface area contributed by atoms with Crippen molar-refractivity contribution in [1.82, 2.24) is 19.9 Å². The van der Waals surface area contributed by atoms with Gasteiger partial charge in [0.15, 0.2) is 5.82 Å². The van der Waals surface area contributed by atoms with Crippen molar-refractivity contribution in [1.29, 1.82) is 0 Å². The molecule has 2 aromatic heterocycles. The molecule has 3 rings (SSSR count). The van der Waals surface area contributed by atoms with E-state index in [9.17, 15) is 13.2 Å². The van der Waals surface area contributed by atoms with Crippen molar-refractivity contribution in [3.05, 3.63) is 77.9 Å². The second kappa shape index (κ2) is 8.43. The second-order valence-corrected chi connectivity index (χ2v) is 5.71. The molecular weight excluding hydrogens is 367 g/mol. The van der Waals surface area contributed by atoms with Gasteiger partial charge >= 0.3 is 0 Å². The van der Waals surface area contributed by atoms with Gasteiger partial charge in [0.25, 0.3) is 0 Å². The summed E-state index contributed by atoms with van der Waals surface area (Å²) in [6.07, 6.45) is 7.51. The molecule has 5 nitrogen and oxygen atoms in total. The molecule has 0 unspecified atom stereocenters. The van der Waals surface area contributed by atoms with Gasteiger partial charge in [-0.25, -0.2) is 28.1 Å². The molecule has 0 aliphatic rings. The molecule has 142 valence electrons. The summed E-state index contributed by atoms with van der Waals surface area (Å²) < 4.78 is 40.6. The number of halogens is 3. The first-order chi connectivity index (χ1) is 13.5. The molecule has 28 heavy (non-hydrogen) atoms. The van der Waals surface area contributed by atoms with Crippen molar-refractivity contribution in [3.8, 4) is 11.5 Å². The molecule has 0 saturated carbocycles. The summed E-state index contributed by atoms with van der Waals surface area (Å²) in [6, 6.07) is 3.21. The van der Waals surface area contributed by atoms with Crippen molar-refractivity contribution < 1.29 is 13.2 Å². The van der Waals surface area contributed by atoms with Crippen LogP contribution < -0.4 is 5.32 Å². The smallest absolute Gasteiger partial charge is 0.182 e. The lowest BCUT2D eigenvalue weighted by molar-refractivity contribution is 0.475. The van der Waals surface area contributed by atoms with E-state index in [0.29, 0.717) is 22.6 Å². The summed E-state index contributed by atoms with van der Waals surface area (Å²) in [6.45, 7) is 2.94. The molecule has 0 aliphatic carbocycles. The number of nitrogens with one attached hydrogen (secondary N) is 1. The fourth-order valence-electron chi connectivity index (χ4n) is 2.54. The molecule has 8 heteroatoms. The zero-order valence-electron chi connectivity index (χ0n) is 15.0. The van der Waals surface area contributed by atoms with Gasteiger partial charge in [0.2, 0.25) is 0 Å². The van der Waals surface area contributed by atoms with Gasteiger partial charge in [0.1, 0.15) is 29.8 Å². The lowest BCUT2D eigenvalue weighted by Gasteiger charge is -2.11. The van der Waals surface area contributed by atoms with Crippen molar-refractivity contribution in [3.63, 3.8) is 0 Å². The molecule has 3 aromatic rings. The summed E-state index contributed by atoms with van der Waals surface area (Å²) in [4.78, 5) is 16.6. The number of hydrogen-bond acceptors (Lipinski definition) is 5. The van der Waals surface area contributed by atoms with Gasteiger partial charge in [-0.05, 0) is 23.8 Å². The Hall–Kier alpha value is -3.55. The fourth-order valence-corrected chi connectivity index (χ4v) is 2.54. The number of anilines is 1. The maximum Gasteiger partial charge on any atom is 0.182 e. The van der Waals surface area contributed by atoms with Crippen LogP contribution in [0.5, 0.6) is 0 Å². The highest BCUT2D eigenvalue weighted by Gasteiger charge is 2.14. The summed E-state index contributed by atoms with van der Waals surface area (Å²) in [5, 5.41) is 2.89. The highest BCUT2D eigenvalue weighted by atomic mass is 19.1. The van der Waals surface area contributed by atoms with Crippen LogP contribution in [0, 0.1) is 11.6 Å². The van der Waals surface area contributed by atoms with Crippen molar-refractivity contribution in [2.75, 3.05) is 12.4 Å². The molecule has 0 saturated heterocycles. The number of allylic oxidation sites excluding steroid dienone is 2. The summed E-state index contributed by atoms with van der Waals surface area (Å²) >= 11 is 0. The Bertz CT molecular complexity index is 1010. The van der Waals surface area contributed by atoms with Crippen LogP contribution in [0.4, 0.5) is 19.0 Å². The van der Waals surface area contributed by atoms with Crippen LogP contribution in [0.15, 0.2) is 49.4 Å². The third kappa shape index (κ3) is 4.06. The van der Waals surface area contributed by atoms with E-state index >= 15 is 0 Å². The van der Waals surface area contributed by atoms with Crippen LogP contribution in [-0.4, -0.2) is 27.0 Å². The van der Waals surface area contributed by atoms with E-state index in [-0.39, 0.29) is 17.1 Å². The van der Waals surface area contributed by atoms with E-state index in [1.807, 2.05) is 0 Å². The summed E-state index contributed by atoms with van der Waals surface area (Å²) in [7, 11) is 1.64. The topological polar surface area (TPSA) is 63.6 Å². The molecule has 0 radical (unpaired) electrons. The lowest BCUT2D eigenvalue weighted by Crippen LogP contribution is -2.05. The second-order valence-electron chi connectivity index (χ2n) is 5.71. The first kappa shape index (κ1) is 19.2. The van der Waals surface area contributed by atoms with Crippen LogP contribution >= 0.6 is 0 Å². The van der Waals surface area contributed by atoms with E-state index in [1.54, 1.807) is 7.05 Å². The predicted molar refractivity (Wildman–Crippen MR) is 102 cm³/mol. The number of benzene rings is 1. The molecule has 0 fully saturated rings. The summed E-state index contributed by atoms with van der Waals surface area (Å²) in [5.41, 5.74) is 1.36. The molecule has 0 spiro atoms. The average Bonchev–Trinajstić information content (AvgIpc) is 2.72. The molecular formula is C20H16F3N5. The predicted octanol–water partition coefficient (Wildman–Crippen LogP) is 4.45. The molecule has 0 aliphatic heterocycles. The number of hydrogen-bond donors (Lipinski definition) is 1. The van der Waals surface area contributed by atoms with Gasteiger partial charge in [-0.3, -0.25) is 4.98 Å². The van der Waals surface area contributed by atoms with E-state index in [4.69, 9.17) is 0 Å². The van der Waals surface area contributed by atoms with Crippen LogP contribution in [0.25, 0.3) is 23.2 Å². The van der Waals surface area contributed by atoms with Gasteiger partial charge in [-0.2, -0.15) is 0 Å². The first-order valence-electron chi connectivity index (χ1n) is 8.27. The maximum atomic E-state index is 13.9. The van der Waals surface area contributed by atoms with Gasteiger partial charge < -0.3 is 5.32 Å². The highest BCUT2D eigenvalue weighted by molar-refractivity contribution is 5.80. The Labute approximate surface area is 159 Å². The van der Waals surface area contributed by atoms with Gasteiger partial charge in [0, 0.05) is 36.6 Å². The minimum Gasteiger partial charge on any atom is -0.373 e. The molecule has 0 bridgehead atoms. The van der Waals surface area contributed by atoms with Crippen molar-refractivity contribution >= 4 is 17.5 Å². The van der Waals surface area contributed by atoms with Gasteiger partial charge in [-0.1, -0.05) is 12.7 Å². The quantitative estimate of drug-likeness (QED) is 0.637. The van der Waals surface area contributed by atoms with Crippen molar-refractivity contribution in [2.45, 2.75) is 6.67 Å². The lowest BCUT2D eigenvalue weighted by atomic mass is 10.0. The fraction of sp³-hybridized carbons (Fsp3) is 0.100. The highest BCUT2D eigenvalue weighted by Crippen LogP contribution is 2.25. The SMILES string of the molecule is C=C(/C=C\c1c(CF)nc(-c2cnccn2)nc1NC)c1ccc(F)cc1F. The first-order valence-corrected chi connectivity index (χ1v) is 8.27. The number of alkyl halides is 1. The van der Waals surface area contributed by atoms with Gasteiger partial charge in [0.05, 0.1) is 11.9 Å². The molecule has 1 aromatic carbocycles. The minimum atomic E-state index is -0.846. The normalized spacial score (nSPS) is 11.0. The van der Waals surface area contributed by atoms with E-state index in [1.165, 1.54) is 36.8 Å². The van der Waals surface area contributed by atoms with Crippen LogP contribution in [0.2, 0.25) is 0 Å². The molecule has 0 amide bonds. The van der Waals surface area contributed by atoms with Gasteiger partial charge in [-0.15, -0.1) is 0 Å². The largest absolute Gasteiger partial charge is 0.373 e. The summed E-state index contributed by atoms with van der Waals surface area (Å²) in [5.74, 6) is -0.816. The molecule has 2 heterocycles. The number of nitrogens with zero attached hydrogens (tertiary/aromatic N) is 4. The number of rotatable bonds is 6. The van der Waals surface area contributed by atoms with E-state index in [0.717, 1.165) is 12.1 Å². The van der Waals surface area contributed by atoms with Crippen LogP contribution in [0.1, 0.15) is 16.8 Å². The maximum absolute atomic E-state index is 13.9.